The molecule has 0 saturated heterocycles. The van der Waals surface area contributed by atoms with Crippen molar-refractivity contribution in [2.24, 2.45) is 11.1 Å². The molecule has 4 nitrogen and oxygen atoms in total. The quantitative estimate of drug-likeness (QED) is 0.766. The van der Waals surface area contributed by atoms with Crippen molar-refractivity contribution < 1.29 is 9.53 Å². The predicted molar refractivity (Wildman–Crippen MR) is 68.7 cm³/mol. The summed E-state index contributed by atoms with van der Waals surface area (Å²) >= 11 is 0. The second-order valence-corrected chi connectivity index (χ2v) is 5.19. The molecule has 0 aromatic rings. The molecule has 1 aliphatic rings. The van der Waals surface area contributed by atoms with Crippen LogP contribution < -0.4 is 5.73 Å². The van der Waals surface area contributed by atoms with E-state index >= 15 is 0 Å². The van der Waals surface area contributed by atoms with Gasteiger partial charge in [-0.1, -0.05) is 26.2 Å². The molecule has 0 aromatic heterocycles. The van der Waals surface area contributed by atoms with Crippen LogP contribution in [0.2, 0.25) is 0 Å². The summed E-state index contributed by atoms with van der Waals surface area (Å²) in [5, 5.41) is 0. The lowest BCUT2D eigenvalue weighted by Gasteiger charge is -2.37. The van der Waals surface area contributed by atoms with E-state index in [-0.39, 0.29) is 11.3 Å². The van der Waals surface area contributed by atoms with E-state index < -0.39 is 0 Å². The Morgan fingerprint density at radius 2 is 1.94 bits per heavy atom. The zero-order valence-electron chi connectivity index (χ0n) is 11.2. The molecule has 0 spiro atoms. The van der Waals surface area contributed by atoms with Gasteiger partial charge < -0.3 is 15.4 Å². The standard InChI is InChI=1S/C13H26N2O2/c1-13(6-4-3-5-7-13)12(16)15(9-8-14)10-11-17-2/h3-11,14H2,1-2H3. The van der Waals surface area contributed by atoms with Crippen LogP contribution in [0.1, 0.15) is 39.0 Å². The van der Waals surface area contributed by atoms with Gasteiger partial charge in [0.05, 0.1) is 6.61 Å². The summed E-state index contributed by atoms with van der Waals surface area (Å²) in [6.07, 6.45) is 5.63. The summed E-state index contributed by atoms with van der Waals surface area (Å²) in [4.78, 5) is 14.4. The Balaban J connectivity index is 2.61. The summed E-state index contributed by atoms with van der Waals surface area (Å²) in [5.74, 6) is 0.264. The van der Waals surface area contributed by atoms with E-state index in [1.165, 1.54) is 19.3 Å². The zero-order valence-corrected chi connectivity index (χ0v) is 11.2. The van der Waals surface area contributed by atoms with Gasteiger partial charge in [-0.15, -0.1) is 0 Å². The van der Waals surface area contributed by atoms with Crippen LogP contribution in [-0.2, 0) is 9.53 Å². The maximum atomic E-state index is 12.5. The Hall–Kier alpha value is -0.610. The van der Waals surface area contributed by atoms with E-state index in [9.17, 15) is 4.79 Å². The minimum absolute atomic E-state index is 0.166. The first-order valence-corrected chi connectivity index (χ1v) is 6.62. The maximum Gasteiger partial charge on any atom is 0.228 e. The molecule has 1 saturated carbocycles. The molecule has 2 N–H and O–H groups in total. The summed E-state index contributed by atoms with van der Waals surface area (Å²) in [6.45, 7) is 4.50. The SMILES string of the molecule is COCCN(CCN)C(=O)C1(C)CCCCC1. The van der Waals surface area contributed by atoms with Crippen LogP contribution in [0.5, 0.6) is 0 Å². The number of carbonyl (C=O) groups is 1. The monoisotopic (exact) mass is 242 g/mol. The first-order chi connectivity index (χ1) is 8.14. The lowest BCUT2D eigenvalue weighted by molar-refractivity contribution is -0.143. The maximum absolute atomic E-state index is 12.5. The third-order valence-electron chi connectivity index (χ3n) is 3.72. The van der Waals surface area contributed by atoms with Gasteiger partial charge in [0.25, 0.3) is 0 Å². The molecule has 1 amide bonds. The Kier molecular flexibility index (Phi) is 5.92. The fraction of sp³-hybridized carbons (Fsp3) is 0.923. The molecule has 100 valence electrons. The van der Waals surface area contributed by atoms with Crippen molar-refractivity contribution in [3.8, 4) is 0 Å². The number of amides is 1. The normalized spacial score (nSPS) is 19.0. The molecule has 0 unspecified atom stereocenters. The van der Waals surface area contributed by atoms with Gasteiger partial charge >= 0.3 is 0 Å². The molecule has 0 heterocycles. The summed E-state index contributed by atoms with van der Waals surface area (Å²) in [6, 6.07) is 0. The van der Waals surface area contributed by atoms with Crippen LogP contribution in [0, 0.1) is 5.41 Å². The molecule has 4 heteroatoms. The smallest absolute Gasteiger partial charge is 0.228 e. The van der Waals surface area contributed by atoms with Crippen molar-refractivity contribution in [1.29, 1.82) is 0 Å². The van der Waals surface area contributed by atoms with Crippen molar-refractivity contribution in [1.82, 2.24) is 4.90 Å². The van der Waals surface area contributed by atoms with E-state index in [4.69, 9.17) is 10.5 Å². The second-order valence-electron chi connectivity index (χ2n) is 5.19. The highest BCUT2D eigenvalue weighted by Crippen LogP contribution is 2.37. The van der Waals surface area contributed by atoms with E-state index in [1.807, 2.05) is 4.90 Å². The van der Waals surface area contributed by atoms with Gasteiger partial charge in [-0.05, 0) is 12.8 Å². The Morgan fingerprint density at radius 3 is 2.47 bits per heavy atom. The highest BCUT2D eigenvalue weighted by atomic mass is 16.5. The molecule has 0 radical (unpaired) electrons. The van der Waals surface area contributed by atoms with Crippen LogP contribution >= 0.6 is 0 Å². The van der Waals surface area contributed by atoms with Gasteiger partial charge in [-0.25, -0.2) is 0 Å². The predicted octanol–water partition coefficient (Wildman–Crippen LogP) is 1.39. The molecule has 0 aromatic carbocycles. The van der Waals surface area contributed by atoms with Gasteiger partial charge in [-0.3, -0.25) is 4.79 Å². The first kappa shape index (κ1) is 14.5. The van der Waals surface area contributed by atoms with Crippen LogP contribution in [0.4, 0.5) is 0 Å². The van der Waals surface area contributed by atoms with Crippen molar-refractivity contribution in [2.45, 2.75) is 39.0 Å². The van der Waals surface area contributed by atoms with Crippen molar-refractivity contribution in [3.63, 3.8) is 0 Å². The minimum atomic E-state index is -0.166. The van der Waals surface area contributed by atoms with E-state index in [0.717, 1.165) is 12.8 Å². The van der Waals surface area contributed by atoms with Crippen molar-refractivity contribution >= 4 is 5.91 Å². The lowest BCUT2D eigenvalue weighted by Crippen LogP contribution is -2.46. The van der Waals surface area contributed by atoms with E-state index in [1.54, 1.807) is 7.11 Å². The van der Waals surface area contributed by atoms with Gasteiger partial charge in [-0.2, -0.15) is 0 Å². The Bertz CT molecular complexity index is 238. The van der Waals surface area contributed by atoms with Gasteiger partial charge in [0.2, 0.25) is 5.91 Å². The third-order valence-corrected chi connectivity index (χ3v) is 3.72. The van der Waals surface area contributed by atoms with Crippen LogP contribution in [0.3, 0.4) is 0 Å². The highest BCUT2D eigenvalue weighted by Gasteiger charge is 2.37. The minimum Gasteiger partial charge on any atom is -0.383 e. The molecule has 0 bridgehead atoms. The number of rotatable bonds is 6. The summed E-state index contributed by atoms with van der Waals surface area (Å²) in [7, 11) is 1.66. The summed E-state index contributed by atoms with van der Waals surface area (Å²) in [5.41, 5.74) is 5.41. The summed E-state index contributed by atoms with van der Waals surface area (Å²) < 4.78 is 5.05. The Morgan fingerprint density at radius 1 is 1.29 bits per heavy atom. The molecular formula is C13H26N2O2. The van der Waals surface area contributed by atoms with Gasteiger partial charge in [0, 0.05) is 32.2 Å². The average molecular weight is 242 g/mol. The fourth-order valence-electron chi connectivity index (χ4n) is 2.60. The van der Waals surface area contributed by atoms with Crippen molar-refractivity contribution in [2.75, 3.05) is 33.4 Å². The number of nitrogens with zero attached hydrogens (tertiary/aromatic N) is 1. The number of carbonyl (C=O) groups excluding carboxylic acids is 1. The molecule has 1 fully saturated rings. The van der Waals surface area contributed by atoms with E-state index in [2.05, 4.69) is 6.92 Å². The topological polar surface area (TPSA) is 55.6 Å². The largest absolute Gasteiger partial charge is 0.383 e. The lowest BCUT2D eigenvalue weighted by atomic mass is 9.74. The van der Waals surface area contributed by atoms with Gasteiger partial charge in [0.1, 0.15) is 0 Å². The number of nitrogens with two attached hydrogens (primary N) is 1. The first-order valence-electron chi connectivity index (χ1n) is 6.62. The van der Waals surface area contributed by atoms with Crippen LogP contribution in [0.25, 0.3) is 0 Å². The van der Waals surface area contributed by atoms with Crippen LogP contribution in [0.15, 0.2) is 0 Å². The number of methoxy groups -OCH3 is 1. The molecular weight excluding hydrogens is 216 g/mol. The van der Waals surface area contributed by atoms with Gasteiger partial charge in [0.15, 0.2) is 0 Å². The average Bonchev–Trinajstić information content (AvgIpc) is 2.34. The third kappa shape index (κ3) is 3.96. The second kappa shape index (κ2) is 6.97. The molecule has 0 aliphatic heterocycles. The van der Waals surface area contributed by atoms with Crippen molar-refractivity contribution in [3.05, 3.63) is 0 Å². The number of hydrogen-bond donors (Lipinski definition) is 1. The molecule has 1 rings (SSSR count). The molecule has 17 heavy (non-hydrogen) atoms. The molecule has 1 aliphatic carbocycles. The number of hydrogen-bond acceptors (Lipinski definition) is 3. The highest BCUT2D eigenvalue weighted by molar-refractivity contribution is 5.82. The fourth-order valence-corrected chi connectivity index (χ4v) is 2.60. The van der Waals surface area contributed by atoms with E-state index in [0.29, 0.717) is 26.2 Å². The zero-order chi connectivity index (χ0) is 12.7. The molecule has 0 atom stereocenters. The number of ether oxygens (including phenoxy) is 1. The van der Waals surface area contributed by atoms with Crippen LogP contribution in [-0.4, -0.2) is 44.2 Å². The Labute approximate surface area is 104 Å².